The zero-order valence-electron chi connectivity index (χ0n) is 14.1. The van der Waals surface area contributed by atoms with Crippen molar-refractivity contribution < 1.29 is 18.3 Å². The Morgan fingerprint density at radius 1 is 1.04 bits per heavy atom. The lowest BCUT2D eigenvalue weighted by atomic mass is 10.1. The number of ether oxygens (including phenoxy) is 1. The normalized spacial score (nSPS) is 10.6. The topological polar surface area (TPSA) is 65.2 Å². The molecule has 1 heterocycles. The van der Waals surface area contributed by atoms with Crippen molar-refractivity contribution in [3.63, 3.8) is 0 Å². The Balaban J connectivity index is 1.77. The largest absolute Gasteiger partial charge is 0.473 e. The zero-order valence-corrected chi connectivity index (χ0v) is 14.8. The van der Waals surface area contributed by atoms with Crippen LogP contribution < -0.4 is 10.5 Å². The summed E-state index contributed by atoms with van der Waals surface area (Å²) in [7, 11) is 0. The SMILES string of the molecule is NC(=O)Cc1ccc(-c2cccc(OCc3ccc(Cl)cc3F)n2)cc1F. The molecule has 138 valence electrons. The molecule has 0 bridgehead atoms. The number of aromatic nitrogens is 1. The Bertz CT molecular complexity index is 995. The van der Waals surface area contributed by atoms with Gasteiger partial charge in [0.15, 0.2) is 0 Å². The van der Waals surface area contributed by atoms with E-state index in [1.165, 1.54) is 24.3 Å². The Morgan fingerprint density at radius 3 is 2.48 bits per heavy atom. The van der Waals surface area contributed by atoms with Gasteiger partial charge in [-0.05, 0) is 29.8 Å². The van der Waals surface area contributed by atoms with Crippen LogP contribution in [0.25, 0.3) is 11.3 Å². The third-order valence-electron chi connectivity index (χ3n) is 3.83. The van der Waals surface area contributed by atoms with Gasteiger partial charge < -0.3 is 10.5 Å². The first kappa shape index (κ1) is 18.8. The van der Waals surface area contributed by atoms with Gasteiger partial charge >= 0.3 is 0 Å². The van der Waals surface area contributed by atoms with Crippen LogP contribution in [0.2, 0.25) is 5.02 Å². The van der Waals surface area contributed by atoms with E-state index in [2.05, 4.69) is 4.98 Å². The fourth-order valence-corrected chi connectivity index (χ4v) is 2.64. The van der Waals surface area contributed by atoms with Crippen LogP contribution >= 0.6 is 11.6 Å². The molecule has 0 atom stereocenters. The summed E-state index contributed by atoms with van der Waals surface area (Å²) >= 11 is 5.72. The molecule has 27 heavy (non-hydrogen) atoms. The van der Waals surface area contributed by atoms with Crippen LogP contribution in [-0.2, 0) is 17.8 Å². The predicted octanol–water partition coefficient (Wildman–Crippen LogP) is 4.29. The molecule has 0 spiro atoms. The van der Waals surface area contributed by atoms with Gasteiger partial charge in [-0.3, -0.25) is 4.79 Å². The summed E-state index contributed by atoms with van der Waals surface area (Å²) in [5, 5.41) is 0.304. The Labute approximate surface area is 159 Å². The lowest BCUT2D eigenvalue weighted by Gasteiger charge is -2.09. The minimum absolute atomic E-state index is 0.0225. The molecule has 2 N–H and O–H groups in total. The maximum atomic E-state index is 14.1. The van der Waals surface area contributed by atoms with E-state index in [9.17, 15) is 13.6 Å². The Morgan fingerprint density at radius 2 is 1.78 bits per heavy atom. The van der Waals surface area contributed by atoms with Gasteiger partial charge in [0.1, 0.15) is 18.2 Å². The fraction of sp³-hybridized carbons (Fsp3) is 0.100. The molecular weight excluding hydrogens is 374 g/mol. The van der Waals surface area contributed by atoms with Crippen molar-refractivity contribution in [1.29, 1.82) is 0 Å². The van der Waals surface area contributed by atoms with Gasteiger partial charge in [-0.15, -0.1) is 0 Å². The number of primary amides is 1. The molecule has 3 rings (SSSR count). The highest BCUT2D eigenvalue weighted by atomic mass is 35.5. The number of carbonyl (C=O) groups excluding carboxylic acids is 1. The summed E-state index contributed by atoms with van der Waals surface area (Å²) in [6, 6.07) is 13.8. The van der Waals surface area contributed by atoms with Crippen LogP contribution in [0.1, 0.15) is 11.1 Å². The second-order valence-electron chi connectivity index (χ2n) is 5.83. The average molecular weight is 389 g/mol. The maximum Gasteiger partial charge on any atom is 0.221 e. The predicted molar refractivity (Wildman–Crippen MR) is 98.3 cm³/mol. The van der Waals surface area contributed by atoms with Crippen molar-refractivity contribution in [1.82, 2.24) is 4.98 Å². The average Bonchev–Trinajstić information content (AvgIpc) is 2.62. The quantitative estimate of drug-likeness (QED) is 0.685. The van der Waals surface area contributed by atoms with E-state index in [1.807, 2.05) is 0 Å². The van der Waals surface area contributed by atoms with E-state index in [-0.39, 0.29) is 24.5 Å². The second-order valence-corrected chi connectivity index (χ2v) is 6.27. The van der Waals surface area contributed by atoms with Gasteiger partial charge in [0.05, 0.1) is 12.1 Å². The van der Waals surface area contributed by atoms with E-state index in [0.29, 0.717) is 21.8 Å². The Kier molecular flexibility index (Phi) is 5.66. The molecule has 2 aromatic carbocycles. The summed E-state index contributed by atoms with van der Waals surface area (Å²) in [6.07, 6.45) is -0.171. The molecule has 7 heteroatoms. The van der Waals surface area contributed by atoms with Crippen molar-refractivity contribution >= 4 is 17.5 Å². The molecule has 0 saturated heterocycles. The molecule has 0 radical (unpaired) electrons. The number of carbonyl (C=O) groups is 1. The number of pyridine rings is 1. The van der Waals surface area contributed by atoms with Gasteiger partial charge in [0, 0.05) is 22.2 Å². The molecule has 1 aromatic heterocycles. The summed E-state index contributed by atoms with van der Waals surface area (Å²) in [4.78, 5) is 15.3. The fourth-order valence-electron chi connectivity index (χ4n) is 2.48. The van der Waals surface area contributed by atoms with Crippen LogP contribution in [0.5, 0.6) is 5.88 Å². The number of halogens is 3. The molecule has 0 unspecified atom stereocenters. The molecule has 0 fully saturated rings. The highest BCUT2D eigenvalue weighted by Gasteiger charge is 2.10. The highest BCUT2D eigenvalue weighted by molar-refractivity contribution is 6.30. The van der Waals surface area contributed by atoms with Crippen molar-refractivity contribution in [3.05, 3.63) is 82.4 Å². The van der Waals surface area contributed by atoms with E-state index < -0.39 is 17.5 Å². The first-order valence-electron chi connectivity index (χ1n) is 8.03. The molecule has 0 aliphatic heterocycles. The van der Waals surface area contributed by atoms with Gasteiger partial charge in [0.2, 0.25) is 11.8 Å². The van der Waals surface area contributed by atoms with Crippen molar-refractivity contribution in [2.24, 2.45) is 5.73 Å². The third kappa shape index (κ3) is 4.80. The molecular formula is C20H15ClF2N2O2. The van der Waals surface area contributed by atoms with Crippen LogP contribution in [0.3, 0.4) is 0 Å². The summed E-state index contributed by atoms with van der Waals surface area (Å²) in [5.74, 6) is -1.35. The summed E-state index contributed by atoms with van der Waals surface area (Å²) < 4.78 is 33.5. The van der Waals surface area contributed by atoms with Crippen LogP contribution in [0.4, 0.5) is 8.78 Å². The number of nitrogens with two attached hydrogens (primary N) is 1. The van der Waals surface area contributed by atoms with Crippen LogP contribution in [0.15, 0.2) is 54.6 Å². The molecule has 0 aliphatic rings. The van der Waals surface area contributed by atoms with Crippen molar-refractivity contribution in [2.75, 3.05) is 0 Å². The van der Waals surface area contributed by atoms with E-state index in [4.69, 9.17) is 22.1 Å². The number of nitrogens with zero attached hydrogens (tertiary/aromatic N) is 1. The highest BCUT2D eigenvalue weighted by Crippen LogP contribution is 2.23. The number of hydrogen-bond donors (Lipinski definition) is 1. The van der Waals surface area contributed by atoms with Gasteiger partial charge in [0.25, 0.3) is 0 Å². The number of rotatable bonds is 6. The molecule has 1 amide bonds. The van der Waals surface area contributed by atoms with Gasteiger partial charge in [-0.2, -0.15) is 0 Å². The van der Waals surface area contributed by atoms with E-state index in [1.54, 1.807) is 30.3 Å². The Hall–Kier alpha value is -2.99. The number of amides is 1. The number of benzene rings is 2. The lowest BCUT2D eigenvalue weighted by Crippen LogP contribution is -2.14. The van der Waals surface area contributed by atoms with Crippen LogP contribution in [0, 0.1) is 11.6 Å². The molecule has 3 aromatic rings. The van der Waals surface area contributed by atoms with Crippen molar-refractivity contribution in [3.8, 4) is 17.1 Å². The minimum atomic E-state index is -0.607. The molecule has 0 saturated carbocycles. The minimum Gasteiger partial charge on any atom is -0.473 e. The second kappa shape index (κ2) is 8.14. The summed E-state index contributed by atoms with van der Waals surface area (Å²) in [6.45, 7) is -0.0225. The van der Waals surface area contributed by atoms with Crippen LogP contribution in [-0.4, -0.2) is 10.9 Å². The van der Waals surface area contributed by atoms with Gasteiger partial charge in [-0.1, -0.05) is 35.9 Å². The first-order valence-corrected chi connectivity index (χ1v) is 8.41. The van der Waals surface area contributed by atoms with Gasteiger partial charge in [-0.25, -0.2) is 13.8 Å². The number of hydrogen-bond acceptors (Lipinski definition) is 3. The molecule has 0 aliphatic carbocycles. The van der Waals surface area contributed by atoms with Crippen molar-refractivity contribution in [2.45, 2.75) is 13.0 Å². The third-order valence-corrected chi connectivity index (χ3v) is 4.06. The van der Waals surface area contributed by atoms with E-state index >= 15 is 0 Å². The monoisotopic (exact) mass is 388 g/mol. The molecule has 4 nitrogen and oxygen atoms in total. The smallest absolute Gasteiger partial charge is 0.221 e. The van der Waals surface area contributed by atoms with E-state index in [0.717, 1.165) is 0 Å². The standard InChI is InChI=1S/C20H15ClF2N2O2/c21-15-7-6-14(17(23)10-15)11-27-20-3-1-2-18(25-20)13-5-4-12(9-19(24)26)16(22)8-13/h1-8,10H,9,11H2,(H2,24,26). The first-order chi connectivity index (χ1) is 12.9. The lowest BCUT2D eigenvalue weighted by molar-refractivity contribution is -0.117. The maximum absolute atomic E-state index is 14.1. The zero-order chi connectivity index (χ0) is 19.4. The summed E-state index contributed by atoms with van der Waals surface area (Å²) in [5.41, 5.74) is 6.65.